The van der Waals surface area contributed by atoms with E-state index in [1.54, 1.807) is 19.0 Å². The van der Waals surface area contributed by atoms with E-state index in [1.165, 1.54) is 0 Å². The van der Waals surface area contributed by atoms with Gasteiger partial charge in [-0.15, -0.1) is 0 Å². The Labute approximate surface area is 133 Å². The Hall–Kier alpha value is -1.39. The molecule has 4 heteroatoms. The SMILES string of the molecule is CN(C)C(=O)Cc1ccc(C(O)C2CCC(CN)CC2)cc1. The zero-order chi connectivity index (χ0) is 16.1. The Morgan fingerprint density at radius 1 is 1.23 bits per heavy atom. The molecule has 0 bridgehead atoms. The second-order valence-electron chi connectivity index (χ2n) is 6.67. The molecule has 1 amide bonds. The summed E-state index contributed by atoms with van der Waals surface area (Å²) in [6, 6.07) is 7.81. The van der Waals surface area contributed by atoms with Crippen molar-refractivity contribution in [2.75, 3.05) is 20.6 Å². The molecule has 1 aliphatic rings. The number of nitrogens with zero attached hydrogens (tertiary/aromatic N) is 1. The first-order valence-corrected chi connectivity index (χ1v) is 8.18. The summed E-state index contributed by atoms with van der Waals surface area (Å²) in [6.45, 7) is 0.761. The zero-order valence-corrected chi connectivity index (χ0v) is 13.7. The van der Waals surface area contributed by atoms with Gasteiger partial charge in [0.05, 0.1) is 12.5 Å². The van der Waals surface area contributed by atoms with Crippen molar-refractivity contribution in [1.29, 1.82) is 0 Å². The maximum absolute atomic E-state index is 11.7. The van der Waals surface area contributed by atoms with Gasteiger partial charge in [-0.25, -0.2) is 0 Å². The highest BCUT2D eigenvalue weighted by atomic mass is 16.3. The van der Waals surface area contributed by atoms with Gasteiger partial charge < -0.3 is 15.7 Å². The molecule has 1 atom stereocenters. The Morgan fingerprint density at radius 2 is 1.82 bits per heavy atom. The first kappa shape index (κ1) is 17.0. The Morgan fingerprint density at radius 3 is 2.32 bits per heavy atom. The third-order valence-electron chi connectivity index (χ3n) is 4.85. The first-order chi connectivity index (χ1) is 10.5. The standard InChI is InChI=1S/C18H28N2O2/c1-20(2)17(21)11-13-3-7-15(8-4-13)18(22)16-9-5-14(12-19)6-10-16/h3-4,7-8,14,16,18,22H,5-6,9-12,19H2,1-2H3. The minimum atomic E-state index is -0.405. The van der Waals surface area contributed by atoms with Gasteiger partial charge in [0.1, 0.15) is 0 Å². The van der Waals surface area contributed by atoms with E-state index in [4.69, 9.17) is 5.73 Å². The average Bonchev–Trinajstić information content (AvgIpc) is 2.55. The number of aliphatic hydroxyl groups is 1. The van der Waals surface area contributed by atoms with Crippen LogP contribution >= 0.6 is 0 Å². The normalized spacial score (nSPS) is 23.1. The third kappa shape index (κ3) is 4.31. The van der Waals surface area contributed by atoms with E-state index in [1.807, 2.05) is 24.3 Å². The monoisotopic (exact) mass is 304 g/mol. The predicted octanol–water partition coefficient (Wildman–Crippen LogP) is 2.12. The van der Waals surface area contributed by atoms with Crippen LogP contribution in [0.1, 0.15) is 42.9 Å². The molecule has 1 aromatic rings. The Kier molecular flexibility index (Phi) is 5.98. The summed E-state index contributed by atoms with van der Waals surface area (Å²) in [7, 11) is 3.52. The van der Waals surface area contributed by atoms with Crippen molar-refractivity contribution in [3.63, 3.8) is 0 Å². The number of rotatable bonds is 5. The molecule has 2 rings (SSSR count). The summed E-state index contributed by atoms with van der Waals surface area (Å²) >= 11 is 0. The maximum Gasteiger partial charge on any atom is 0.226 e. The largest absolute Gasteiger partial charge is 0.388 e. The molecule has 0 spiro atoms. The molecule has 0 saturated heterocycles. The van der Waals surface area contributed by atoms with E-state index in [2.05, 4.69) is 0 Å². The second kappa shape index (κ2) is 7.75. The minimum absolute atomic E-state index is 0.0911. The summed E-state index contributed by atoms with van der Waals surface area (Å²) in [6.07, 6.45) is 4.33. The van der Waals surface area contributed by atoms with Gasteiger partial charge >= 0.3 is 0 Å². The van der Waals surface area contributed by atoms with E-state index in [-0.39, 0.29) is 5.91 Å². The lowest BCUT2D eigenvalue weighted by molar-refractivity contribution is -0.127. The number of amides is 1. The number of hydrogen-bond acceptors (Lipinski definition) is 3. The van der Waals surface area contributed by atoms with E-state index in [0.29, 0.717) is 18.3 Å². The fourth-order valence-corrected chi connectivity index (χ4v) is 3.18. The van der Waals surface area contributed by atoms with Gasteiger partial charge in [-0.2, -0.15) is 0 Å². The Balaban J connectivity index is 1.94. The summed E-state index contributed by atoms with van der Waals surface area (Å²) in [5.41, 5.74) is 7.66. The lowest BCUT2D eigenvalue weighted by Gasteiger charge is -2.31. The van der Waals surface area contributed by atoms with Gasteiger partial charge in [-0.3, -0.25) is 4.79 Å². The molecule has 3 N–H and O–H groups in total. The Bertz CT molecular complexity index is 476. The average molecular weight is 304 g/mol. The minimum Gasteiger partial charge on any atom is -0.388 e. The number of carbonyl (C=O) groups excluding carboxylic acids is 1. The molecule has 0 aromatic heterocycles. The van der Waals surface area contributed by atoms with Crippen LogP contribution in [-0.4, -0.2) is 36.6 Å². The lowest BCUT2D eigenvalue weighted by Crippen LogP contribution is -2.25. The molecule has 0 aliphatic heterocycles. The van der Waals surface area contributed by atoms with Gasteiger partial charge in [-0.05, 0) is 55.2 Å². The number of aliphatic hydroxyl groups excluding tert-OH is 1. The van der Waals surface area contributed by atoms with Crippen LogP contribution in [-0.2, 0) is 11.2 Å². The van der Waals surface area contributed by atoms with Crippen LogP contribution in [0, 0.1) is 11.8 Å². The van der Waals surface area contributed by atoms with E-state index < -0.39 is 6.10 Å². The number of benzene rings is 1. The molecule has 0 heterocycles. The van der Waals surface area contributed by atoms with Crippen LogP contribution in [0.4, 0.5) is 0 Å². The molecule has 4 nitrogen and oxygen atoms in total. The second-order valence-corrected chi connectivity index (χ2v) is 6.67. The molecular formula is C18H28N2O2. The van der Waals surface area contributed by atoms with E-state index >= 15 is 0 Å². The van der Waals surface area contributed by atoms with Crippen molar-refractivity contribution in [2.45, 2.75) is 38.2 Å². The lowest BCUT2D eigenvalue weighted by atomic mass is 9.78. The predicted molar refractivity (Wildman–Crippen MR) is 88.3 cm³/mol. The highest BCUT2D eigenvalue weighted by molar-refractivity contribution is 5.78. The van der Waals surface area contributed by atoms with E-state index in [9.17, 15) is 9.90 Å². The number of nitrogens with two attached hydrogens (primary N) is 1. The summed E-state index contributed by atoms with van der Waals surface area (Å²) in [5, 5.41) is 10.6. The number of hydrogen-bond donors (Lipinski definition) is 2. The van der Waals surface area contributed by atoms with Crippen molar-refractivity contribution in [3.05, 3.63) is 35.4 Å². The highest BCUT2D eigenvalue weighted by Crippen LogP contribution is 2.36. The molecule has 0 radical (unpaired) electrons. The van der Waals surface area contributed by atoms with Crippen molar-refractivity contribution in [2.24, 2.45) is 17.6 Å². The van der Waals surface area contributed by atoms with Gasteiger partial charge in [-0.1, -0.05) is 24.3 Å². The van der Waals surface area contributed by atoms with Gasteiger partial charge in [0.2, 0.25) is 5.91 Å². The molecule has 1 fully saturated rings. The molecule has 1 saturated carbocycles. The van der Waals surface area contributed by atoms with Crippen LogP contribution in [0.3, 0.4) is 0 Å². The van der Waals surface area contributed by atoms with Gasteiger partial charge in [0, 0.05) is 14.1 Å². The molecule has 1 unspecified atom stereocenters. The van der Waals surface area contributed by atoms with Crippen LogP contribution in [0.5, 0.6) is 0 Å². The number of carbonyl (C=O) groups is 1. The fourth-order valence-electron chi connectivity index (χ4n) is 3.18. The van der Waals surface area contributed by atoms with Gasteiger partial charge in [0.15, 0.2) is 0 Å². The molecular weight excluding hydrogens is 276 g/mol. The smallest absolute Gasteiger partial charge is 0.226 e. The third-order valence-corrected chi connectivity index (χ3v) is 4.85. The van der Waals surface area contributed by atoms with Crippen molar-refractivity contribution < 1.29 is 9.90 Å². The van der Waals surface area contributed by atoms with Gasteiger partial charge in [0.25, 0.3) is 0 Å². The molecule has 1 aliphatic carbocycles. The summed E-state index contributed by atoms with van der Waals surface area (Å²) in [4.78, 5) is 13.3. The van der Waals surface area contributed by atoms with Crippen LogP contribution in [0.25, 0.3) is 0 Å². The van der Waals surface area contributed by atoms with Crippen molar-refractivity contribution in [3.8, 4) is 0 Å². The van der Waals surface area contributed by atoms with Crippen LogP contribution < -0.4 is 5.73 Å². The molecule has 1 aromatic carbocycles. The maximum atomic E-state index is 11.7. The van der Waals surface area contributed by atoms with Crippen LogP contribution in [0.2, 0.25) is 0 Å². The summed E-state index contributed by atoms with van der Waals surface area (Å²) in [5.74, 6) is 1.05. The van der Waals surface area contributed by atoms with E-state index in [0.717, 1.165) is 43.4 Å². The molecule has 122 valence electrons. The first-order valence-electron chi connectivity index (χ1n) is 8.18. The van der Waals surface area contributed by atoms with Crippen molar-refractivity contribution in [1.82, 2.24) is 4.90 Å². The number of likely N-dealkylation sites (N-methyl/N-ethyl adjacent to an activating group) is 1. The zero-order valence-electron chi connectivity index (χ0n) is 13.7. The molecule has 22 heavy (non-hydrogen) atoms. The quantitative estimate of drug-likeness (QED) is 0.875. The van der Waals surface area contributed by atoms with Crippen LogP contribution in [0.15, 0.2) is 24.3 Å². The summed E-state index contributed by atoms with van der Waals surface area (Å²) < 4.78 is 0. The topological polar surface area (TPSA) is 66.6 Å². The fraction of sp³-hybridized carbons (Fsp3) is 0.611. The highest BCUT2D eigenvalue weighted by Gasteiger charge is 2.26. The van der Waals surface area contributed by atoms with Crippen molar-refractivity contribution >= 4 is 5.91 Å².